The normalized spacial score (nSPS) is 12.0. The van der Waals surface area contributed by atoms with Gasteiger partial charge in [-0.2, -0.15) is 0 Å². The lowest BCUT2D eigenvalue weighted by Gasteiger charge is -2.14. The Hall–Kier alpha value is -1.88. The molecule has 1 unspecified atom stereocenters. The van der Waals surface area contributed by atoms with Gasteiger partial charge in [0.1, 0.15) is 11.6 Å². The van der Waals surface area contributed by atoms with Crippen molar-refractivity contribution < 1.29 is 13.6 Å². The van der Waals surface area contributed by atoms with E-state index in [4.69, 9.17) is 0 Å². The van der Waals surface area contributed by atoms with Crippen molar-refractivity contribution in [3.05, 3.63) is 59.2 Å². The first-order chi connectivity index (χ1) is 10.4. The minimum atomic E-state index is -0.656. The molecule has 0 aromatic heterocycles. The molecule has 0 aliphatic carbocycles. The van der Waals surface area contributed by atoms with Crippen LogP contribution in [0.25, 0.3) is 0 Å². The molecule has 2 nitrogen and oxygen atoms in total. The summed E-state index contributed by atoms with van der Waals surface area (Å²) in [6.45, 7) is 5.58. The van der Waals surface area contributed by atoms with Crippen molar-refractivity contribution in [3.8, 4) is 0 Å². The van der Waals surface area contributed by atoms with E-state index in [9.17, 15) is 13.6 Å². The highest BCUT2D eigenvalue weighted by atomic mass is 32.2. The molecule has 116 valence electrons. The number of rotatable bonds is 4. The smallest absolute Gasteiger partial charge is 0.237 e. The third-order valence-corrected chi connectivity index (χ3v) is 4.36. The van der Waals surface area contributed by atoms with Crippen molar-refractivity contribution in [1.82, 2.24) is 0 Å². The van der Waals surface area contributed by atoms with Crippen LogP contribution in [-0.2, 0) is 4.79 Å². The minimum Gasteiger partial charge on any atom is -0.325 e. The van der Waals surface area contributed by atoms with Crippen LogP contribution in [0.1, 0.15) is 18.1 Å². The molecule has 0 saturated carbocycles. The molecule has 1 amide bonds. The van der Waals surface area contributed by atoms with Crippen molar-refractivity contribution in [2.24, 2.45) is 0 Å². The summed E-state index contributed by atoms with van der Waals surface area (Å²) < 4.78 is 26.5. The number of thioether (sulfide) groups is 1. The Morgan fingerprint density at radius 3 is 2.50 bits per heavy atom. The second kappa shape index (κ2) is 6.92. The molecule has 2 aromatic rings. The summed E-state index contributed by atoms with van der Waals surface area (Å²) in [7, 11) is 0. The predicted octanol–water partition coefficient (Wildman–Crippen LogP) is 4.70. The maximum Gasteiger partial charge on any atom is 0.237 e. The monoisotopic (exact) mass is 321 g/mol. The number of anilines is 1. The maximum atomic E-state index is 13.6. The Kier molecular flexibility index (Phi) is 5.19. The topological polar surface area (TPSA) is 29.1 Å². The molecular formula is C17H17F2NOS. The van der Waals surface area contributed by atoms with Crippen molar-refractivity contribution in [2.75, 3.05) is 5.32 Å². The van der Waals surface area contributed by atoms with E-state index in [2.05, 4.69) is 5.32 Å². The number of halogens is 2. The largest absolute Gasteiger partial charge is 0.325 e. The molecule has 0 heterocycles. The number of amides is 1. The molecule has 0 radical (unpaired) electrons. The lowest BCUT2D eigenvalue weighted by molar-refractivity contribution is -0.115. The SMILES string of the molecule is Cc1ccc(NC(=O)C(C)Sc2ccc(F)cc2F)c(C)c1. The van der Waals surface area contributed by atoms with Crippen molar-refractivity contribution >= 4 is 23.4 Å². The first-order valence-electron chi connectivity index (χ1n) is 6.86. The van der Waals surface area contributed by atoms with E-state index in [-0.39, 0.29) is 10.8 Å². The maximum absolute atomic E-state index is 13.6. The first kappa shape index (κ1) is 16.5. The van der Waals surface area contributed by atoms with E-state index in [1.165, 1.54) is 12.1 Å². The molecule has 2 rings (SSSR count). The average Bonchev–Trinajstić information content (AvgIpc) is 2.44. The van der Waals surface area contributed by atoms with Crippen molar-refractivity contribution in [1.29, 1.82) is 0 Å². The van der Waals surface area contributed by atoms with E-state index >= 15 is 0 Å². The molecule has 1 atom stereocenters. The van der Waals surface area contributed by atoms with Crippen LogP contribution in [-0.4, -0.2) is 11.2 Å². The predicted molar refractivity (Wildman–Crippen MR) is 86.2 cm³/mol. The fourth-order valence-electron chi connectivity index (χ4n) is 2.00. The van der Waals surface area contributed by atoms with Gasteiger partial charge in [0, 0.05) is 16.6 Å². The van der Waals surface area contributed by atoms with E-state index in [0.29, 0.717) is 0 Å². The standard InChI is InChI=1S/C17H17F2NOS/c1-10-4-6-15(11(2)8-10)20-17(21)12(3)22-16-7-5-13(18)9-14(16)19/h4-9,12H,1-3H3,(H,20,21). The van der Waals surface area contributed by atoms with Gasteiger partial charge in [0.05, 0.1) is 5.25 Å². The molecule has 0 fully saturated rings. The van der Waals surface area contributed by atoms with Crippen molar-refractivity contribution in [2.45, 2.75) is 30.9 Å². The van der Waals surface area contributed by atoms with Crippen LogP contribution in [0.3, 0.4) is 0 Å². The minimum absolute atomic E-state index is 0.222. The zero-order chi connectivity index (χ0) is 16.3. The fraction of sp³-hybridized carbons (Fsp3) is 0.235. The molecule has 0 aliphatic rings. The third kappa shape index (κ3) is 4.07. The summed E-state index contributed by atoms with van der Waals surface area (Å²) in [5, 5.41) is 2.33. The number of hydrogen-bond acceptors (Lipinski definition) is 2. The number of carbonyl (C=O) groups is 1. The zero-order valence-corrected chi connectivity index (χ0v) is 13.4. The van der Waals surface area contributed by atoms with Crippen LogP contribution in [0, 0.1) is 25.5 Å². The molecule has 5 heteroatoms. The summed E-state index contributed by atoms with van der Waals surface area (Å²) >= 11 is 1.06. The molecule has 0 aliphatic heterocycles. The van der Waals surface area contributed by atoms with Crippen LogP contribution in [0.2, 0.25) is 0 Å². The molecule has 22 heavy (non-hydrogen) atoms. The summed E-state index contributed by atoms with van der Waals surface area (Å²) in [4.78, 5) is 12.5. The van der Waals surface area contributed by atoms with Crippen molar-refractivity contribution in [3.63, 3.8) is 0 Å². The highest BCUT2D eigenvalue weighted by Crippen LogP contribution is 2.27. The van der Waals surface area contributed by atoms with Crippen LogP contribution in [0.4, 0.5) is 14.5 Å². The first-order valence-corrected chi connectivity index (χ1v) is 7.74. The number of benzene rings is 2. The van der Waals surface area contributed by atoms with Gasteiger partial charge in [0.15, 0.2) is 0 Å². The van der Waals surface area contributed by atoms with E-state index in [1.807, 2.05) is 32.0 Å². The van der Waals surface area contributed by atoms with Crippen LogP contribution in [0.5, 0.6) is 0 Å². The average molecular weight is 321 g/mol. The second-order valence-electron chi connectivity index (χ2n) is 5.14. The second-order valence-corrected chi connectivity index (χ2v) is 6.53. The summed E-state index contributed by atoms with van der Waals surface area (Å²) in [5.41, 5.74) is 2.83. The Morgan fingerprint density at radius 1 is 1.14 bits per heavy atom. The van der Waals surface area contributed by atoms with Gasteiger partial charge in [0.2, 0.25) is 5.91 Å². The lowest BCUT2D eigenvalue weighted by Crippen LogP contribution is -2.23. The number of carbonyl (C=O) groups excluding carboxylic acids is 1. The van der Waals surface area contributed by atoms with E-state index in [0.717, 1.165) is 34.6 Å². The van der Waals surface area contributed by atoms with E-state index in [1.54, 1.807) is 6.92 Å². The number of nitrogens with one attached hydrogen (secondary N) is 1. The van der Waals surface area contributed by atoms with Gasteiger partial charge in [-0.25, -0.2) is 8.78 Å². The number of aryl methyl sites for hydroxylation is 2. The van der Waals surface area contributed by atoms with Crippen LogP contribution < -0.4 is 5.32 Å². The quantitative estimate of drug-likeness (QED) is 0.827. The highest BCUT2D eigenvalue weighted by molar-refractivity contribution is 8.00. The van der Waals surface area contributed by atoms with Gasteiger partial charge in [0.25, 0.3) is 0 Å². The van der Waals surface area contributed by atoms with Crippen LogP contribution >= 0.6 is 11.8 Å². The third-order valence-electron chi connectivity index (χ3n) is 3.21. The van der Waals surface area contributed by atoms with Gasteiger partial charge < -0.3 is 5.32 Å². The fourth-order valence-corrected chi connectivity index (χ4v) is 2.87. The lowest BCUT2D eigenvalue weighted by atomic mass is 10.1. The molecule has 0 spiro atoms. The zero-order valence-electron chi connectivity index (χ0n) is 12.6. The van der Waals surface area contributed by atoms with Gasteiger partial charge in [-0.15, -0.1) is 11.8 Å². The van der Waals surface area contributed by atoms with Gasteiger partial charge in [-0.05, 0) is 44.5 Å². The molecule has 2 aromatic carbocycles. The summed E-state index contributed by atoms with van der Waals surface area (Å²) in [6.07, 6.45) is 0. The Labute approximate surface area is 132 Å². The molecule has 0 bridgehead atoms. The molecule has 1 N–H and O–H groups in total. The Balaban J connectivity index is 2.05. The number of hydrogen-bond donors (Lipinski definition) is 1. The molecular weight excluding hydrogens is 304 g/mol. The highest BCUT2D eigenvalue weighted by Gasteiger charge is 2.17. The van der Waals surface area contributed by atoms with E-state index < -0.39 is 16.9 Å². The summed E-state index contributed by atoms with van der Waals surface area (Å²) in [5.74, 6) is -1.51. The Bertz CT molecular complexity index is 703. The molecule has 0 saturated heterocycles. The van der Waals surface area contributed by atoms with Gasteiger partial charge in [-0.1, -0.05) is 17.7 Å². The summed E-state index contributed by atoms with van der Waals surface area (Å²) in [6, 6.07) is 9.08. The van der Waals surface area contributed by atoms with Gasteiger partial charge in [-0.3, -0.25) is 4.79 Å². The Morgan fingerprint density at radius 2 is 1.86 bits per heavy atom. The van der Waals surface area contributed by atoms with Crippen LogP contribution in [0.15, 0.2) is 41.3 Å². The van der Waals surface area contributed by atoms with Gasteiger partial charge >= 0.3 is 0 Å².